The third-order valence-corrected chi connectivity index (χ3v) is 5.86. The number of carbonyl (C=O) groups is 2. The van der Waals surface area contributed by atoms with E-state index < -0.39 is 22.7 Å². The zero-order chi connectivity index (χ0) is 24.6. The van der Waals surface area contributed by atoms with Crippen LogP contribution in [0.2, 0.25) is 5.02 Å². The molecule has 172 valence electrons. The van der Waals surface area contributed by atoms with Crippen molar-refractivity contribution >= 4 is 46.1 Å². The first-order valence-corrected chi connectivity index (χ1v) is 10.7. The third kappa shape index (κ3) is 4.11. The number of hydrogen-bond acceptors (Lipinski definition) is 6. The highest BCUT2D eigenvalue weighted by atomic mass is 35.5. The van der Waals surface area contributed by atoms with Crippen LogP contribution in [-0.2, 0) is 9.59 Å². The van der Waals surface area contributed by atoms with Gasteiger partial charge in [0.15, 0.2) is 0 Å². The van der Waals surface area contributed by atoms with Gasteiger partial charge in [-0.05, 0) is 54.1 Å². The lowest BCUT2D eigenvalue weighted by Crippen LogP contribution is -2.29. The van der Waals surface area contributed by atoms with Crippen molar-refractivity contribution in [3.8, 4) is 0 Å². The van der Waals surface area contributed by atoms with Crippen LogP contribution in [0.15, 0.2) is 78.4 Å². The average Bonchev–Trinajstić information content (AvgIpc) is 3.09. The standard InChI is InChI=1S/C25H20ClN3O5/c1-27(2)18-10-12-19(13-11-18)28-22(16-4-3-5-20(14-16)29(33)34)21(24(31)25(28)32)23(30)15-6-8-17(26)9-7-15/h3-14,22,30H,1-2H3/b23-21-. The van der Waals surface area contributed by atoms with E-state index in [-0.39, 0.29) is 17.0 Å². The van der Waals surface area contributed by atoms with Crippen molar-refractivity contribution in [1.29, 1.82) is 0 Å². The molecule has 1 aliphatic heterocycles. The van der Waals surface area contributed by atoms with Gasteiger partial charge in [0.25, 0.3) is 17.4 Å². The monoisotopic (exact) mass is 477 g/mol. The smallest absolute Gasteiger partial charge is 0.300 e. The first-order valence-electron chi connectivity index (χ1n) is 10.3. The Morgan fingerprint density at radius 1 is 1.03 bits per heavy atom. The number of nitro benzene ring substituents is 1. The Labute approximate surface area is 200 Å². The summed E-state index contributed by atoms with van der Waals surface area (Å²) in [6, 6.07) is 17.7. The summed E-state index contributed by atoms with van der Waals surface area (Å²) in [5.74, 6) is -2.12. The highest BCUT2D eigenvalue weighted by Crippen LogP contribution is 2.43. The number of benzene rings is 3. The van der Waals surface area contributed by atoms with Crippen LogP contribution in [0, 0.1) is 10.1 Å². The molecule has 1 fully saturated rings. The molecule has 1 unspecified atom stereocenters. The number of rotatable bonds is 5. The number of aliphatic hydroxyl groups excluding tert-OH is 1. The normalized spacial score (nSPS) is 17.1. The first-order chi connectivity index (χ1) is 16.2. The summed E-state index contributed by atoms with van der Waals surface area (Å²) in [7, 11) is 3.74. The van der Waals surface area contributed by atoms with Gasteiger partial charge in [0.2, 0.25) is 0 Å². The summed E-state index contributed by atoms with van der Waals surface area (Å²) in [6.07, 6.45) is 0. The molecule has 3 aromatic rings. The van der Waals surface area contributed by atoms with E-state index in [4.69, 9.17) is 11.6 Å². The fraction of sp³-hybridized carbons (Fsp3) is 0.120. The molecule has 1 heterocycles. The average molecular weight is 478 g/mol. The number of hydrogen-bond donors (Lipinski definition) is 1. The molecule has 1 N–H and O–H groups in total. The third-order valence-electron chi connectivity index (χ3n) is 5.60. The molecule has 3 aromatic carbocycles. The van der Waals surface area contributed by atoms with Crippen molar-refractivity contribution in [2.75, 3.05) is 23.9 Å². The van der Waals surface area contributed by atoms with Gasteiger partial charge in [-0.15, -0.1) is 0 Å². The second kappa shape index (κ2) is 8.99. The number of anilines is 2. The number of aliphatic hydroxyl groups is 1. The van der Waals surface area contributed by atoms with Gasteiger partial charge in [-0.25, -0.2) is 0 Å². The fourth-order valence-electron chi connectivity index (χ4n) is 3.90. The summed E-state index contributed by atoms with van der Waals surface area (Å²) in [6.45, 7) is 0. The zero-order valence-corrected chi connectivity index (χ0v) is 19.1. The Bertz CT molecular complexity index is 1320. The summed E-state index contributed by atoms with van der Waals surface area (Å²) in [5.41, 5.74) is 1.55. The van der Waals surface area contributed by atoms with Gasteiger partial charge in [-0.1, -0.05) is 23.7 Å². The van der Waals surface area contributed by atoms with E-state index >= 15 is 0 Å². The highest BCUT2D eigenvalue weighted by Gasteiger charge is 2.47. The largest absolute Gasteiger partial charge is 0.507 e. The molecule has 34 heavy (non-hydrogen) atoms. The van der Waals surface area contributed by atoms with Crippen molar-refractivity contribution in [2.24, 2.45) is 0 Å². The van der Waals surface area contributed by atoms with Crippen molar-refractivity contribution in [3.05, 3.63) is 105 Å². The Morgan fingerprint density at radius 2 is 1.68 bits per heavy atom. The molecule has 0 bridgehead atoms. The Kier molecular flexibility index (Phi) is 6.08. The lowest BCUT2D eigenvalue weighted by Gasteiger charge is -2.26. The molecule has 0 spiro atoms. The maximum Gasteiger partial charge on any atom is 0.300 e. The van der Waals surface area contributed by atoms with E-state index in [1.165, 1.54) is 35.2 Å². The molecular formula is C25H20ClN3O5. The van der Waals surface area contributed by atoms with Gasteiger partial charge in [0, 0.05) is 48.2 Å². The molecule has 8 nitrogen and oxygen atoms in total. The minimum absolute atomic E-state index is 0.162. The molecule has 1 aliphatic rings. The number of nitro groups is 1. The second-order valence-electron chi connectivity index (χ2n) is 7.94. The topological polar surface area (TPSA) is 104 Å². The first kappa shape index (κ1) is 23.0. The summed E-state index contributed by atoms with van der Waals surface area (Å²) in [4.78, 5) is 40.3. The predicted molar refractivity (Wildman–Crippen MR) is 130 cm³/mol. The minimum Gasteiger partial charge on any atom is -0.507 e. The van der Waals surface area contributed by atoms with E-state index in [0.717, 1.165) is 5.69 Å². The second-order valence-corrected chi connectivity index (χ2v) is 8.38. The van der Waals surface area contributed by atoms with Crippen molar-refractivity contribution < 1.29 is 19.6 Å². The highest BCUT2D eigenvalue weighted by molar-refractivity contribution is 6.51. The van der Waals surface area contributed by atoms with E-state index in [1.54, 1.807) is 42.5 Å². The molecule has 0 aromatic heterocycles. The van der Waals surface area contributed by atoms with Crippen LogP contribution >= 0.6 is 11.6 Å². The Hall–Kier alpha value is -4.17. The van der Waals surface area contributed by atoms with Gasteiger partial charge in [0.05, 0.1) is 16.5 Å². The molecule has 1 amide bonds. The predicted octanol–water partition coefficient (Wildman–Crippen LogP) is 4.94. The van der Waals surface area contributed by atoms with Crippen LogP contribution in [0.25, 0.3) is 5.76 Å². The SMILES string of the molecule is CN(C)c1ccc(N2C(=O)C(=O)/C(=C(\O)c3ccc(Cl)cc3)C2c2cccc([N+](=O)[O-])c2)cc1. The molecule has 1 atom stereocenters. The maximum atomic E-state index is 13.2. The van der Waals surface area contributed by atoms with Crippen LogP contribution in [0.4, 0.5) is 17.1 Å². The fourth-order valence-corrected chi connectivity index (χ4v) is 4.02. The van der Waals surface area contributed by atoms with Gasteiger partial charge >= 0.3 is 0 Å². The molecule has 0 saturated carbocycles. The van der Waals surface area contributed by atoms with E-state index in [2.05, 4.69) is 0 Å². The summed E-state index contributed by atoms with van der Waals surface area (Å²) < 4.78 is 0. The Balaban J connectivity index is 1.93. The summed E-state index contributed by atoms with van der Waals surface area (Å²) >= 11 is 5.94. The zero-order valence-electron chi connectivity index (χ0n) is 18.3. The minimum atomic E-state index is -1.07. The molecule has 4 rings (SSSR count). The Morgan fingerprint density at radius 3 is 2.26 bits per heavy atom. The molecular weight excluding hydrogens is 458 g/mol. The van der Waals surface area contributed by atoms with Gasteiger partial charge < -0.3 is 10.0 Å². The van der Waals surface area contributed by atoms with Crippen LogP contribution in [0.1, 0.15) is 17.2 Å². The molecule has 0 radical (unpaired) electrons. The van der Waals surface area contributed by atoms with E-state index in [9.17, 15) is 24.8 Å². The quantitative estimate of drug-likeness (QED) is 0.183. The molecule has 0 aliphatic carbocycles. The number of Topliss-reactive ketones (excluding diaryl/α,β-unsaturated/α-hetero) is 1. The number of ketones is 1. The number of halogens is 1. The van der Waals surface area contributed by atoms with Crippen molar-refractivity contribution in [1.82, 2.24) is 0 Å². The van der Waals surface area contributed by atoms with Crippen LogP contribution in [-0.4, -0.2) is 35.8 Å². The number of nitrogens with zero attached hydrogens (tertiary/aromatic N) is 3. The van der Waals surface area contributed by atoms with Gasteiger partial charge in [-0.3, -0.25) is 24.6 Å². The van der Waals surface area contributed by atoms with Crippen LogP contribution in [0.5, 0.6) is 0 Å². The number of carbonyl (C=O) groups excluding carboxylic acids is 2. The lowest BCUT2D eigenvalue weighted by atomic mass is 9.95. The number of amides is 1. The van der Waals surface area contributed by atoms with Crippen LogP contribution < -0.4 is 9.80 Å². The molecule has 1 saturated heterocycles. The molecule has 9 heteroatoms. The maximum absolute atomic E-state index is 13.2. The van der Waals surface area contributed by atoms with Crippen molar-refractivity contribution in [3.63, 3.8) is 0 Å². The van der Waals surface area contributed by atoms with E-state index in [1.807, 2.05) is 19.0 Å². The number of non-ortho nitro benzene ring substituents is 1. The van der Waals surface area contributed by atoms with Gasteiger partial charge in [-0.2, -0.15) is 0 Å². The van der Waals surface area contributed by atoms with Gasteiger partial charge in [0.1, 0.15) is 5.76 Å². The van der Waals surface area contributed by atoms with Crippen LogP contribution in [0.3, 0.4) is 0 Å². The summed E-state index contributed by atoms with van der Waals surface area (Å²) in [5, 5.41) is 22.9. The van der Waals surface area contributed by atoms with Crippen molar-refractivity contribution in [2.45, 2.75) is 6.04 Å². The lowest BCUT2D eigenvalue weighted by molar-refractivity contribution is -0.384. The van der Waals surface area contributed by atoms with E-state index in [0.29, 0.717) is 21.8 Å².